The molecule has 7 heteroatoms. The number of benzene rings is 1. The fourth-order valence-electron chi connectivity index (χ4n) is 2.21. The zero-order valence-electron chi connectivity index (χ0n) is 10.7. The van der Waals surface area contributed by atoms with Crippen LogP contribution in [0.3, 0.4) is 0 Å². The Bertz CT molecular complexity index is 797. The molecule has 0 saturated carbocycles. The lowest BCUT2D eigenvalue weighted by Gasteiger charge is -2.07. The van der Waals surface area contributed by atoms with Crippen LogP contribution in [0.2, 0.25) is 10.0 Å². The number of fused-ring (bicyclic) bond motifs is 1. The van der Waals surface area contributed by atoms with E-state index in [4.69, 9.17) is 34.8 Å². The molecule has 3 rings (SSSR count). The third-order valence-corrected chi connectivity index (χ3v) is 5.72. The first kappa shape index (κ1) is 15.6. The van der Waals surface area contributed by atoms with E-state index in [1.54, 1.807) is 17.4 Å². The molecule has 0 bridgehead atoms. The molecule has 2 heterocycles. The molecule has 0 amide bonds. The van der Waals surface area contributed by atoms with Gasteiger partial charge in [0.15, 0.2) is 0 Å². The van der Waals surface area contributed by atoms with Gasteiger partial charge in [0.25, 0.3) is 0 Å². The number of nitrogens with zero attached hydrogens (tertiary/aromatic N) is 2. The lowest BCUT2D eigenvalue weighted by molar-refractivity contribution is 0.763. The Balaban J connectivity index is 2.12. The van der Waals surface area contributed by atoms with Crippen LogP contribution < -0.4 is 0 Å². The number of hydrogen-bond donors (Lipinski definition) is 0. The lowest BCUT2D eigenvalue weighted by atomic mass is 10.3. The molecule has 0 unspecified atom stereocenters. The molecule has 110 valence electrons. The molecule has 1 aromatic carbocycles. The zero-order chi connectivity index (χ0) is 15.0. The van der Waals surface area contributed by atoms with Crippen molar-refractivity contribution in [2.75, 3.05) is 5.88 Å². The standard InChI is InChI=1S/C14H10BrCl3N2S/c15-8-3-9(21-7-8)6-20-13-5-11(18)10(17)4-12(13)19-14(20)1-2-16/h3-5,7H,1-2,6H2. The van der Waals surface area contributed by atoms with Crippen molar-refractivity contribution in [3.8, 4) is 0 Å². The average molecular weight is 425 g/mol. The van der Waals surface area contributed by atoms with Crippen molar-refractivity contribution in [2.45, 2.75) is 13.0 Å². The topological polar surface area (TPSA) is 17.8 Å². The lowest BCUT2D eigenvalue weighted by Crippen LogP contribution is -2.05. The summed E-state index contributed by atoms with van der Waals surface area (Å²) < 4.78 is 3.24. The molecule has 0 N–H and O–H groups in total. The van der Waals surface area contributed by atoms with Crippen LogP contribution in [0, 0.1) is 0 Å². The van der Waals surface area contributed by atoms with Crippen LogP contribution in [0.15, 0.2) is 28.1 Å². The first-order valence-corrected chi connectivity index (χ1v) is 9.18. The number of imidazole rings is 1. The summed E-state index contributed by atoms with van der Waals surface area (Å²) in [6.45, 7) is 0.747. The van der Waals surface area contributed by atoms with E-state index in [-0.39, 0.29) is 0 Å². The summed E-state index contributed by atoms with van der Waals surface area (Å²) in [4.78, 5) is 5.87. The van der Waals surface area contributed by atoms with Crippen molar-refractivity contribution in [1.29, 1.82) is 0 Å². The van der Waals surface area contributed by atoms with E-state index in [1.165, 1.54) is 4.88 Å². The minimum Gasteiger partial charge on any atom is -0.323 e. The predicted molar refractivity (Wildman–Crippen MR) is 95.3 cm³/mol. The quantitative estimate of drug-likeness (QED) is 0.470. The van der Waals surface area contributed by atoms with E-state index in [9.17, 15) is 0 Å². The van der Waals surface area contributed by atoms with Crippen molar-refractivity contribution in [2.24, 2.45) is 0 Å². The number of rotatable bonds is 4. The van der Waals surface area contributed by atoms with Gasteiger partial charge in [-0.05, 0) is 34.1 Å². The molecule has 0 aliphatic heterocycles. The summed E-state index contributed by atoms with van der Waals surface area (Å²) in [5.41, 5.74) is 1.83. The SMILES string of the molecule is ClCCc1nc2cc(Cl)c(Cl)cc2n1Cc1cc(Br)cs1. The van der Waals surface area contributed by atoms with Crippen molar-refractivity contribution < 1.29 is 0 Å². The fourth-order valence-corrected chi connectivity index (χ4v) is 4.14. The first-order valence-electron chi connectivity index (χ1n) is 6.21. The highest BCUT2D eigenvalue weighted by Crippen LogP contribution is 2.30. The highest BCUT2D eigenvalue weighted by molar-refractivity contribution is 9.10. The Labute approximate surface area is 149 Å². The Morgan fingerprint density at radius 1 is 1.19 bits per heavy atom. The molecule has 0 spiro atoms. The van der Waals surface area contributed by atoms with Gasteiger partial charge in [-0.25, -0.2) is 4.98 Å². The maximum atomic E-state index is 6.15. The summed E-state index contributed by atoms with van der Waals surface area (Å²) in [5.74, 6) is 1.47. The highest BCUT2D eigenvalue weighted by atomic mass is 79.9. The molecule has 0 atom stereocenters. The molecule has 0 aliphatic rings. The molecule has 2 aromatic heterocycles. The third kappa shape index (κ3) is 3.25. The third-order valence-electron chi connectivity index (χ3n) is 3.12. The average Bonchev–Trinajstić information content (AvgIpc) is 2.97. The van der Waals surface area contributed by atoms with Gasteiger partial charge in [0.2, 0.25) is 0 Å². The van der Waals surface area contributed by atoms with Gasteiger partial charge in [-0.1, -0.05) is 23.2 Å². The predicted octanol–water partition coefficient (Wildman–Crippen LogP) is 6.00. The van der Waals surface area contributed by atoms with Gasteiger partial charge in [-0.3, -0.25) is 0 Å². The van der Waals surface area contributed by atoms with Crippen LogP contribution in [0.1, 0.15) is 10.7 Å². The van der Waals surface area contributed by atoms with Gasteiger partial charge in [-0.2, -0.15) is 0 Å². The second kappa shape index (κ2) is 6.47. The molecule has 0 fully saturated rings. The summed E-state index contributed by atoms with van der Waals surface area (Å²) in [6.07, 6.45) is 0.706. The maximum Gasteiger partial charge on any atom is 0.111 e. The minimum absolute atomic E-state index is 0.519. The number of thiophene rings is 1. The van der Waals surface area contributed by atoms with E-state index in [2.05, 4.69) is 36.9 Å². The Hall–Kier alpha value is -0.260. The summed E-state index contributed by atoms with van der Waals surface area (Å²) in [6, 6.07) is 5.78. The number of hydrogen-bond acceptors (Lipinski definition) is 2. The number of aryl methyl sites for hydroxylation is 1. The van der Waals surface area contributed by atoms with Gasteiger partial charge in [-0.15, -0.1) is 22.9 Å². The van der Waals surface area contributed by atoms with E-state index >= 15 is 0 Å². The fraction of sp³-hybridized carbons (Fsp3) is 0.214. The number of halogens is 4. The van der Waals surface area contributed by atoms with E-state index < -0.39 is 0 Å². The van der Waals surface area contributed by atoms with Crippen molar-refractivity contribution >= 4 is 73.1 Å². The van der Waals surface area contributed by atoms with Crippen LogP contribution in [0.25, 0.3) is 11.0 Å². The second-order valence-corrected chi connectivity index (χ2v) is 7.64. The van der Waals surface area contributed by atoms with Gasteiger partial charge >= 0.3 is 0 Å². The zero-order valence-corrected chi connectivity index (χ0v) is 15.4. The molecule has 3 aromatic rings. The van der Waals surface area contributed by atoms with E-state index in [1.807, 2.05) is 6.07 Å². The van der Waals surface area contributed by atoms with Crippen molar-refractivity contribution in [1.82, 2.24) is 9.55 Å². The van der Waals surface area contributed by atoms with E-state index in [0.717, 1.165) is 27.9 Å². The Morgan fingerprint density at radius 3 is 2.62 bits per heavy atom. The largest absolute Gasteiger partial charge is 0.323 e. The van der Waals surface area contributed by atoms with Crippen LogP contribution in [-0.4, -0.2) is 15.4 Å². The molecule has 0 saturated heterocycles. The summed E-state index contributed by atoms with van der Waals surface area (Å²) >= 11 is 23.3. The Kier molecular flexibility index (Phi) is 4.81. The van der Waals surface area contributed by atoms with Crippen molar-refractivity contribution in [3.05, 3.63) is 48.8 Å². The van der Waals surface area contributed by atoms with Gasteiger partial charge < -0.3 is 4.57 Å². The number of aromatic nitrogens is 2. The van der Waals surface area contributed by atoms with E-state index in [0.29, 0.717) is 22.3 Å². The monoisotopic (exact) mass is 422 g/mol. The van der Waals surface area contributed by atoms with Gasteiger partial charge in [0.05, 0.1) is 27.6 Å². The first-order chi connectivity index (χ1) is 10.1. The Morgan fingerprint density at radius 2 is 1.95 bits per heavy atom. The summed E-state index contributed by atoms with van der Waals surface area (Å²) in [7, 11) is 0. The molecule has 21 heavy (non-hydrogen) atoms. The molecular weight excluding hydrogens is 414 g/mol. The van der Waals surface area contributed by atoms with Gasteiger partial charge in [0, 0.05) is 27.0 Å². The van der Waals surface area contributed by atoms with Gasteiger partial charge in [0.1, 0.15) is 5.82 Å². The maximum absolute atomic E-state index is 6.15. The molecule has 2 nitrogen and oxygen atoms in total. The molecule has 0 aliphatic carbocycles. The van der Waals surface area contributed by atoms with Crippen LogP contribution in [-0.2, 0) is 13.0 Å². The van der Waals surface area contributed by atoms with Crippen LogP contribution >= 0.6 is 62.1 Å². The molecular formula is C14H10BrCl3N2S. The van der Waals surface area contributed by atoms with Crippen LogP contribution in [0.5, 0.6) is 0 Å². The number of alkyl halides is 1. The molecule has 0 radical (unpaired) electrons. The normalized spacial score (nSPS) is 11.4. The second-order valence-electron chi connectivity index (χ2n) is 4.54. The van der Waals surface area contributed by atoms with Crippen molar-refractivity contribution in [3.63, 3.8) is 0 Å². The van der Waals surface area contributed by atoms with Crippen LogP contribution in [0.4, 0.5) is 0 Å². The highest BCUT2D eigenvalue weighted by Gasteiger charge is 2.14. The summed E-state index contributed by atoms with van der Waals surface area (Å²) in [5, 5.41) is 3.12. The smallest absolute Gasteiger partial charge is 0.111 e. The minimum atomic E-state index is 0.519.